The number of benzene rings is 1. The van der Waals surface area contributed by atoms with Crippen LogP contribution < -0.4 is 0 Å². The van der Waals surface area contributed by atoms with Gasteiger partial charge in [-0.2, -0.15) is 11.3 Å². The molecule has 0 saturated carbocycles. The third-order valence-electron chi connectivity index (χ3n) is 4.12. The number of rotatable bonds is 5. The molecule has 3 aromatic rings. The molecule has 26 heavy (non-hydrogen) atoms. The van der Waals surface area contributed by atoms with Crippen LogP contribution in [-0.4, -0.2) is 23.4 Å². The minimum absolute atomic E-state index is 0.294. The molecule has 0 atom stereocenters. The van der Waals surface area contributed by atoms with Gasteiger partial charge in [-0.05, 0) is 46.7 Å². The van der Waals surface area contributed by atoms with Crippen LogP contribution in [0, 0.1) is 6.57 Å². The Hall–Kier alpha value is -2.49. The molecule has 0 spiro atoms. The first-order chi connectivity index (χ1) is 12.6. The molecular weight excluding hydrogens is 364 g/mol. The van der Waals surface area contributed by atoms with Crippen molar-refractivity contribution in [1.29, 1.82) is 0 Å². The van der Waals surface area contributed by atoms with Crippen LogP contribution in [0.1, 0.15) is 17.4 Å². The van der Waals surface area contributed by atoms with Crippen molar-refractivity contribution in [2.75, 3.05) is 12.9 Å². The summed E-state index contributed by atoms with van der Waals surface area (Å²) in [4.78, 5) is 16.3. The van der Waals surface area contributed by atoms with E-state index in [4.69, 9.17) is 11.3 Å². The summed E-state index contributed by atoms with van der Waals surface area (Å²) in [5.74, 6) is -0.405. The molecule has 0 amide bonds. The van der Waals surface area contributed by atoms with Crippen LogP contribution in [0.4, 0.5) is 5.69 Å². The van der Waals surface area contributed by atoms with E-state index in [0.717, 1.165) is 21.7 Å². The molecule has 0 aliphatic carbocycles. The van der Waals surface area contributed by atoms with Crippen molar-refractivity contribution in [2.24, 2.45) is 7.05 Å². The van der Waals surface area contributed by atoms with Crippen LogP contribution in [0.5, 0.6) is 0 Å². The molecule has 0 N–H and O–H groups in total. The quantitative estimate of drug-likeness (QED) is 0.314. The average Bonchev–Trinajstić information content (AvgIpc) is 3.27. The molecule has 2 aromatic heterocycles. The summed E-state index contributed by atoms with van der Waals surface area (Å²) in [5.41, 5.74) is 4.67. The lowest BCUT2D eigenvalue weighted by molar-refractivity contribution is 0.0515. The van der Waals surface area contributed by atoms with Gasteiger partial charge in [0.15, 0.2) is 0 Å². The van der Waals surface area contributed by atoms with E-state index in [1.54, 1.807) is 29.9 Å². The Morgan fingerprint density at radius 1 is 1.23 bits per heavy atom. The Kier molecular flexibility index (Phi) is 5.50. The first kappa shape index (κ1) is 18.3. The number of hydrogen-bond acceptors (Lipinski definition) is 4. The number of carbonyl (C=O) groups is 1. The van der Waals surface area contributed by atoms with Gasteiger partial charge in [0.05, 0.1) is 18.2 Å². The lowest BCUT2D eigenvalue weighted by Gasteiger charge is -2.09. The van der Waals surface area contributed by atoms with Gasteiger partial charge < -0.3 is 9.30 Å². The van der Waals surface area contributed by atoms with Crippen LogP contribution in [-0.2, 0) is 11.8 Å². The fourth-order valence-electron chi connectivity index (χ4n) is 2.95. The van der Waals surface area contributed by atoms with E-state index in [0.29, 0.717) is 23.6 Å². The molecular formula is C20H18N2O2S2. The highest BCUT2D eigenvalue weighted by atomic mass is 32.2. The number of thioether (sulfide) groups is 1. The van der Waals surface area contributed by atoms with E-state index >= 15 is 0 Å². The van der Waals surface area contributed by atoms with Crippen LogP contribution in [0.2, 0.25) is 0 Å². The zero-order valence-corrected chi connectivity index (χ0v) is 16.4. The van der Waals surface area contributed by atoms with Crippen LogP contribution >= 0.6 is 23.1 Å². The maximum atomic E-state index is 12.6. The van der Waals surface area contributed by atoms with E-state index in [-0.39, 0.29) is 0 Å². The predicted octanol–water partition coefficient (Wildman–Crippen LogP) is 5.87. The van der Waals surface area contributed by atoms with Crippen molar-refractivity contribution < 1.29 is 9.53 Å². The van der Waals surface area contributed by atoms with Gasteiger partial charge in [-0.25, -0.2) is 9.64 Å². The lowest BCUT2D eigenvalue weighted by Crippen LogP contribution is -2.11. The number of aromatic nitrogens is 1. The largest absolute Gasteiger partial charge is 0.461 e. The van der Waals surface area contributed by atoms with Gasteiger partial charge in [0.2, 0.25) is 5.69 Å². The second-order valence-corrected chi connectivity index (χ2v) is 7.14. The fourth-order valence-corrected chi connectivity index (χ4v) is 4.33. The maximum Gasteiger partial charge on any atom is 0.354 e. The molecule has 0 aliphatic rings. The molecule has 0 aliphatic heterocycles. The molecule has 1 aromatic carbocycles. The second kappa shape index (κ2) is 7.81. The van der Waals surface area contributed by atoms with Gasteiger partial charge in [0.1, 0.15) is 5.69 Å². The molecule has 4 nitrogen and oxygen atoms in total. The maximum absolute atomic E-state index is 12.6. The van der Waals surface area contributed by atoms with Gasteiger partial charge in [0, 0.05) is 12.6 Å². The Labute approximate surface area is 161 Å². The summed E-state index contributed by atoms with van der Waals surface area (Å²) in [5, 5.41) is 4.90. The molecule has 3 rings (SSSR count). The molecule has 0 saturated heterocycles. The van der Waals surface area contributed by atoms with Crippen molar-refractivity contribution in [3.63, 3.8) is 0 Å². The summed E-state index contributed by atoms with van der Waals surface area (Å²) in [6.07, 6.45) is 1.91. The summed E-state index contributed by atoms with van der Waals surface area (Å²) >= 11 is 3.11. The van der Waals surface area contributed by atoms with E-state index in [2.05, 4.69) is 16.3 Å². The molecule has 6 heteroatoms. The summed E-state index contributed by atoms with van der Waals surface area (Å²) in [6, 6.07) is 10.0. The second-order valence-electron chi connectivity index (χ2n) is 5.56. The predicted molar refractivity (Wildman–Crippen MR) is 108 cm³/mol. The topological polar surface area (TPSA) is 35.6 Å². The number of esters is 1. The molecule has 0 radical (unpaired) electrons. The summed E-state index contributed by atoms with van der Waals surface area (Å²) < 4.78 is 7.00. The highest BCUT2D eigenvalue weighted by Gasteiger charge is 2.27. The first-order valence-electron chi connectivity index (χ1n) is 8.06. The Balaban J connectivity index is 2.17. The zero-order chi connectivity index (χ0) is 18.7. The van der Waals surface area contributed by atoms with Gasteiger partial charge in [0.25, 0.3) is 0 Å². The third kappa shape index (κ3) is 3.16. The molecule has 0 unspecified atom stereocenters. The van der Waals surface area contributed by atoms with Gasteiger partial charge in [-0.1, -0.05) is 24.3 Å². The fraction of sp³-hybridized carbons (Fsp3) is 0.200. The Bertz CT molecular complexity index is 965. The normalized spacial score (nSPS) is 10.5. The molecule has 0 bridgehead atoms. The van der Waals surface area contributed by atoms with Crippen molar-refractivity contribution in [1.82, 2.24) is 4.57 Å². The van der Waals surface area contributed by atoms with Gasteiger partial charge >= 0.3 is 5.97 Å². The highest BCUT2D eigenvalue weighted by molar-refractivity contribution is 7.98. The summed E-state index contributed by atoms with van der Waals surface area (Å²) in [7, 11) is 1.80. The van der Waals surface area contributed by atoms with Crippen molar-refractivity contribution in [3.8, 4) is 22.3 Å². The standard InChI is InChI=1S/C20H18N2O2S2/c1-5-24-20(23)18-16(17(21-2)19(25-4)22(18)3)14-8-6-13(7-9-14)15-10-11-26-12-15/h6-12H,5H2,1,3-4H3. The monoisotopic (exact) mass is 382 g/mol. The molecule has 132 valence electrons. The number of nitrogens with zero attached hydrogens (tertiary/aromatic N) is 2. The van der Waals surface area contributed by atoms with Crippen LogP contribution in [0.15, 0.2) is 46.1 Å². The Morgan fingerprint density at radius 2 is 1.92 bits per heavy atom. The number of ether oxygens (including phenoxy) is 1. The van der Waals surface area contributed by atoms with E-state index in [1.165, 1.54) is 11.8 Å². The van der Waals surface area contributed by atoms with Crippen molar-refractivity contribution in [2.45, 2.75) is 11.9 Å². The smallest absolute Gasteiger partial charge is 0.354 e. The van der Waals surface area contributed by atoms with Crippen molar-refractivity contribution >= 4 is 34.8 Å². The minimum atomic E-state index is -0.405. The van der Waals surface area contributed by atoms with Gasteiger partial charge in [-0.3, -0.25) is 0 Å². The first-order valence-corrected chi connectivity index (χ1v) is 10.2. The molecule has 0 fully saturated rings. The van der Waals surface area contributed by atoms with Crippen molar-refractivity contribution in [3.05, 3.63) is 58.2 Å². The highest BCUT2D eigenvalue weighted by Crippen LogP contribution is 2.43. The third-order valence-corrected chi connectivity index (χ3v) is 5.66. The molecule has 2 heterocycles. The van der Waals surface area contributed by atoms with E-state index in [9.17, 15) is 4.79 Å². The average molecular weight is 383 g/mol. The number of carbonyl (C=O) groups excluding carboxylic acids is 1. The zero-order valence-electron chi connectivity index (χ0n) is 14.8. The summed E-state index contributed by atoms with van der Waals surface area (Å²) in [6.45, 7) is 9.71. The Morgan fingerprint density at radius 3 is 2.46 bits per heavy atom. The lowest BCUT2D eigenvalue weighted by atomic mass is 10.0. The SMILES string of the molecule is [C-]#[N+]c1c(-c2ccc(-c3ccsc3)cc2)c(C(=O)OCC)n(C)c1SC. The van der Waals surface area contributed by atoms with Crippen LogP contribution in [0.3, 0.4) is 0 Å². The number of thiophene rings is 1. The van der Waals surface area contributed by atoms with E-state index < -0.39 is 5.97 Å². The minimum Gasteiger partial charge on any atom is -0.461 e. The van der Waals surface area contributed by atoms with Gasteiger partial charge in [-0.15, -0.1) is 11.8 Å². The number of hydrogen-bond donors (Lipinski definition) is 0. The van der Waals surface area contributed by atoms with Crippen LogP contribution in [0.25, 0.3) is 27.1 Å². The van der Waals surface area contributed by atoms with E-state index in [1.807, 2.05) is 35.9 Å².